The van der Waals surface area contributed by atoms with E-state index in [0.29, 0.717) is 28.8 Å². The third kappa shape index (κ3) is 4.84. The molecule has 0 radical (unpaired) electrons. The van der Waals surface area contributed by atoms with E-state index in [1.54, 1.807) is 30.5 Å². The molecule has 0 unspecified atom stereocenters. The van der Waals surface area contributed by atoms with Crippen molar-refractivity contribution in [2.75, 3.05) is 12.4 Å². The van der Waals surface area contributed by atoms with Gasteiger partial charge in [-0.1, -0.05) is 29.8 Å². The number of hydrogen-bond acceptors (Lipinski definition) is 6. The molecule has 0 aliphatic heterocycles. The average Bonchev–Trinajstić information content (AvgIpc) is 3.07. The summed E-state index contributed by atoms with van der Waals surface area (Å²) in [6.07, 6.45) is 4.75. The first-order chi connectivity index (χ1) is 14.4. The summed E-state index contributed by atoms with van der Waals surface area (Å²) in [4.78, 5) is 8.62. The van der Waals surface area contributed by atoms with Gasteiger partial charge in [0.05, 0.1) is 5.75 Å². The van der Waals surface area contributed by atoms with Gasteiger partial charge in [0, 0.05) is 18.0 Å². The molecule has 8 heteroatoms. The lowest BCUT2D eigenvalue weighted by atomic mass is 10.1. The number of aromatic nitrogens is 2. The van der Waals surface area contributed by atoms with E-state index in [0.717, 1.165) is 6.42 Å². The number of allylic oxidation sites excluding steroid dienone is 1. The van der Waals surface area contributed by atoms with Gasteiger partial charge < -0.3 is 10.1 Å². The lowest BCUT2D eigenvalue weighted by molar-refractivity contribution is 0.462. The van der Waals surface area contributed by atoms with Crippen molar-refractivity contribution in [1.29, 1.82) is 0 Å². The molecule has 3 aromatic rings. The Bertz CT molecular complexity index is 1220. The Morgan fingerprint density at radius 3 is 2.83 bits per heavy atom. The van der Waals surface area contributed by atoms with Gasteiger partial charge in [-0.25, -0.2) is 18.1 Å². The zero-order valence-corrected chi connectivity index (χ0v) is 17.5. The Morgan fingerprint density at radius 2 is 2.00 bits per heavy atom. The van der Waals surface area contributed by atoms with E-state index in [-0.39, 0.29) is 5.75 Å². The van der Waals surface area contributed by atoms with Crippen molar-refractivity contribution in [1.82, 2.24) is 14.7 Å². The van der Waals surface area contributed by atoms with Gasteiger partial charge in [0.25, 0.3) is 0 Å². The Hall–Kier alpha value is -3.23. The zero-order valence-electron chi connectivity index (χ0n) is 16.7. The summed E-state index contributed by atoms with van der Waals surface area (Å²) in [6.45, 7) is 2.12. The van der Waals surface area contributed by atoms with Crippen LogP contribution in [-0.2, 0) is 22.2 Å². The van der Waals surface area contributed by atoms with Crippen LogP contribution in [0.15, 0.2) is 60.3 Å². The maximum absolute atomic E-state index is 11.8. The minimum absolute atomic E-state index is 0.102. The Balaban J connectivity index is 1.49. The van der Waals surface area contributed by atoms with E-state index < -0.39 is 10.0 Å². The van der Waals surface area contributed by atoms with Crippen LogP contribution in [0.25, 0.3) is 6.08 Å². The topological polar surface area (TPSA) is 93.2 Å². The number of benzene rings is 2. The molecule has 2 aromatic carbocycles. The van der Waals surface area contributed by atoms with E-state index in [1.807, 2.05) is 18.2 Å². The van der Waals surface area contributed by atoms with Crippen LogP contribution in [0, 0.1) is 0 Å². The van der Waals surface area contributed by atoms with Gasteiger partial charge in [-0.3, -0.25) is 0 Å². The van der Waals surface area contributed by atoms with Crippen LogP contribution in [0.4, 0.5) is 11.6 Å². The summed E-state index contributed by atoms with van der Waals surface area (Å²) >= 11 is 0. The molecule has 30 heavy (non-hydrogen) atoms. The minimum Gasteiger partial charge on any atom is -0.439 e. The van der Waals surface area contributed by atoms with Crippen LogP contribution >= 0.6 is 0 Å². The molecular formula is C22H22N4O3S. The smallest absolute Gasteiger partial charge is 0.230 e. The van der Waals surface area contributed by atoms with Gasteiger partial charge >= 0.3 is 0 Å². The normalized spacial score (nSPS) is 12.9. The maximum Gasteiger partial charge on any atom is 0.230 e. The van der Waals surface area contributed by atoms with Gasteiger partial charge in [-0.05, 0) is 61.3 Å². The highest BCUT2D eigenvalue weighted by atomic mass is 32.2. The van der Waals surface area contributed by atoms with Gasteiger partial charge in [-0.15, -0.1) is 0 Å². The molecule has 1 aromatic heterocycles. The fourth-order valence-electron chi connectivity index (χ4n) is 3.29. The van der Waals surface area contributed by atoms with Crippen LogP contribution in [0.2, 0.25) is 0 Å². The first-order valence-electron chi connectivity index (χ1n) is 9.48. The molecule has 1 heterocycles. The predicted octanol–water partition coefficient (Wildman–Crippen LogP) is 4.02. The van der Waals surface area contributed by atoms with Gasteiger partial charge in [0.2, 0.25) is 21.9 Å². The van der Waals surface area contributed by atoms with E-state index in [4.69, 9.17) is 4.74 Å². The highest BCUT2D eigenvalue weighted by Crippen LogP contribution is 2.30. The second kappa shape index (κ2) is 8.25. The lowest BCUT2D eigenvalue weighted by Gasteiger charge is -2.10. The molecule has 0 atom stereocenters. The van der Waals surface area contributed by atoms with Gasteiger partial charge in [0.15, 0.2) is 0 Å². The van der Waals surface area contributed by atoms with E-state index in [1.165, 1.54) is 23.7 Å². The molecule has 0 amide bonds. The Morgan fingerprint density at radius 1 is 1.13 bits per heavy atom. The average molecular weight is 423 g/mol. The number of nitrogens with one attached hydrogen (secondary N) is 2. The summed E-state index contributed by atoms with van der Waals surface area (Å²) in [5.74, 6) is 1.39. The fourth-order valence-corrected chi connectivity index (χ4v) is 4.05. The van der Waals surface area contributed by atoms with Crippen molar-refractivity contribution in [3.8, 4) is 11.6 Å². The molecule has 7 nitrogen and oxygen atoms in total. The molecule has 4 rings (SSSR count). The van der Waals surface area contributed by atoms with E-state index in [2.05, 4.69) is 39.1 Å². The van der Waals surface area contributed by atoms with Crippen molar-refractivity contribution in [2.24, 2.45) is 0 Å². The highest BCUT2D eigenvalue weighted by molar-refractivity contribution is 7.88. The molecule has 1 aliphatic carbocycles. The van der Waals surface area contributed by atoms with E-state index in [9.17, 15) is 8.42 Å². The first-order valence-corrected chi connectivity index (χ1v) is 11.1. The number of rotatable bonds is 7. The third-order valence-electron chi connectivity index (χ3n) is 4.69. The second-order valence-electron chi connectivity index (χ2n) is 7.14. The summed E-state index contributed by atoms with van der Waals surface area (Å²) in [6, 6.07) is 14.8. The van der Waals surface area contributed by atoms with Gasteiger partial charge in [-0.2, -0.15) is 4.98 Å². The largest absolute Gasteiger partial charge is 0.439 e. The van der Waals surface area contributed by atoms with Crippen LogP contribution in [-0.4, -0.2) is 25.4 Å². The van der Waals surface area contributed by atoms with Crippen molar-refractivity contribution in [2.45, 2.75) is 19.1 Å². The lowest BCUT2D eigenvalue weighted by Crippen LogP contribution is -2.20. The molecule has 0 spiro atoms. The van der Waals surface area contributed by atoms with Crippen molar-refractivity contribution in [3.05, 3.63) is 77.0 Å². The minimum atomic E-state index is -3.34. The fraction of sp³-hybridized carbons (Fsp3) is 0.182. The van der Waals surface area contributed by atoms with Crippen molar-refractivity contribution >= 4 is 27.7 Å². The number of sulfonamides is 1. The van der Waals surface area contributed by atoms with Crippen molar-refractivity contribution < 1.29 is 13.2 Å². The molecule has 2 N–H and O–H groups in total. The standard InChI is InChI=1S/C22H22N4O3S/c1-15-10-17-6-7-20(13-18(17)11-15)29-21-8-9-24-22(26-21)25-19-5-3-4-16(12-19)14-30(27,28)23-2/h3-9,11-13,23H,10,14H2,1-2H3,(H,24,25,26). The number of fused-ring (bicyclic) bond motifs is 1. The molecule has 154 valence electrons. The summed E-state index contributed by atoms with van der Waals surface area (Å²) in [5, 5.41) is 3.09. The summed E-state index contributed by atoms with van der Waals surface area (Å²) in [5.41, 5.74) is 5.15. The number of ether oxygens (including phenoxy) is 1. The molecule has 0 saturated carbocycles. The first kappa shape index (κ1) is 20.1. The summed E-state index contributed by atoms with van der Waals surface area (Å²) in [7, 11) is -1.95. The molecule has 0 bridgehead atoms. The number of hydrogen-bond donors (Lipinski definition) is 2. The van der Waals surface area contributed by atoms with Crippen LogP contribution < -0.4 is 14.8 Å². The number of anilines is 2. The SMILES string of the molecule is CNS(=O)(=O)Cc1cccc(Nc2nccc(Oc3ccc4c(c3)C=C(C)C4)n2)c1. The zero-order chi connectivity index (χ0) is 21.1. The maximum atomic E-state index is 11.8. The molecule has 0 fully saturated rings. The highest BCUT2D eigenvalue weighted by Gasteiger charge is 2.12. The van der Waals surface area contributed by atoms with Crippen LogP contribution in [0.5, 0.6) is 11.6 Å². The Kier molecular flexibility index (Phi) is 5.52. The van der Waals surface area contributed by atoms with Gasteiger partial charge in [0.1, 0.15) is 5.75 Å². The van der Waals surface area contributed by atoms with Crippen LogP contribution in [0.1, 0.15) is 23.6 Å². The third-order valence-corrected chi connectivity index (χ3v) is 6.03. The summed E-state index contributed by atoms with van der Waals surface area (Å²) < 4.78 is 31.8. The predicted molar refractivity (Wildman–Crippen MR) is 117 cm³/mol. The molecule has 1 aliphatic rings. The van der Waals surface area contributed by atoms with E-state index >= 15 is 0 Å². The number of nitrogens with zero attached hydrogens (tertiary/aromatic N) is 2. The monoisotopic (exact) mass is 422 g/mol. The molecular weight excluding hydrogens is 400 g/mol. The molecule has 0 saturated heterocycles. The van der Waals surface area contributed by atoms with Crippen LogP contribution in [0.3, 0.4) is 0 Å². The van der Waals surface area contributed by atoms with Crippen molar-refractivity contribution in [3.63, 3.8) is 0 Å². The Labute approximate surface area is 175 Å². The quantitative estimate of drug-likeness (QED) is 0.597. The second-order valence-corrected chi connectivity index (χ2v) is 9.06.